The Labute approximate surface area is 181 Å². The lowest BCUT2D eigenvalue weighted by Gasteiger charge is -2.24. The second-order valence-electron chi connectivity index (χ2n) is 7.09. The smallest absolute Gasteiger partial charge is 0.396 e. The normalized spacial score (nSPS) is 12.5. The second-order valence-corrected chi connectivity index (χ2v) is 10.1. The lowest BCUT2D eigenvalue weighted by Crippen LogP contribution is -2.32. The summed E-state index contributed by atoms with van der Waals surface area (Å²) >= 11 is 1.23. The molecule has 0 saturated carbocycles. The number of fused-ring (bicyclic) bond motifs is 1. The summed E-state index contributed by atoms with van der Waals surface area (Å²) < 4.78 is 81.3. The summed E-state index contributed by atoms with van der Waals surface area (Å²) in [7, 11) is -3.92. The molecule has 0 atom stereocenters. The van der Waals surface area contributed by atoms with Crippen LogP contribution in [0.2, 0.25) is 0 Å². The van der Waals surface area contributed by atoms with Gasteiger partial charge in [0.1, 0.15) is 10.8 Å². The van der Waals surface area contributed by atoms with Crippen molar-refractivity contribution >= 4 is 36.4 Å². The van der Waals surface area contributed by atoms with Gasteiger partial charge < -0.3 is 5.11 Å². The number of alkyl halides is 3. The van der Waals surface area contributed by atoms with E-state index in [2.05, 4.69) is 0 Å². The van der Waals surface area contributed by atoms with Gasteiger partial charge in [-0.3, -0.25) is 4.31 Å². The maximum Gasteiger partial charge on any atom is 0.419 e. The molecule has 10 heteroatoms. The van der Waals surface area contributed by atoms with E-state index in [-0.39, 0.29) is 37.3 Å². The first-order valence-corrected chi connectivity index (χ1v) is 11.9. The predicted octanol–water partition coefficient (Wildman–Crippen LogP) is 5.48. The maximum absolute atomic E-state index is 13.7. The molecule has 1 heterocycles. The predicted molar refractivity (Wildman–Crippen MR) is 114 cm³/mol. The summed E-state index contributed by atoms with van der Waals surface area (Å²) in [5.74, 6) is -1.68. The number of unbranched alkanes of at least 4 members (excludes halogenated alkanes) is 1. The Morgan fingerprint density at radius 2 is 1.81 bits per heavy atom. The van der Waals surface area contributed by atoms with Crippen LogP contribution in [0.25, 0.3) is 10.1 Å². The number of aliphatic hydroxyl groups excluding tert-OH is 1. The van der Waals surface area contributed by atoms with Crippen LogP contribution >= 0.6 is 11.3 Å². The number of benzene rings is 2. The minimum absolute atomic E-state index is 0.0244. The summed E-state index contributed by atoms with van der Waals surface area (Å²) in [5, 5.41) is 10.2. The zero-order chi connectivity index (χ0) is 22.8. The van der Waals surface area contributed by atoms with E-state index in [1.165, 1.54) is 11.3 Å². The first-order chi connectivity index (χ1) is 14.5. The van der Waals surface area contributed by atoms with E-state index < -0.39 is 27.6 Å². The van der Waals surface area contributed by atoms with Gasteiger partial charge in [0.25, 0.3) is 0 Å². The van der Waals surface area contributed by atoms with Crippen LogP contribution in [-0.4, -0.2) is 25.9 Å². The quantitative estimate of drug-likeness (QED) is 0.347. The third kappa shape index (κ3) is 5.19. The van der Waals surface area contributed by atoms with Crippen molar-refractivity contribution in [2.24, 2.45) is 0 Å². The highest BCUT2D eigenvalue weighted by atomic mass is 32.2. The highest BCUT2D eigenvalue weighted by Crippen LogP contribution is 2.40. The second kappa shape index (κ2) is 9.13. The third-order valence-corrected chi connectivity index (χ3v) is 8.05. The highest BCUT2D eigenvalue weighted by Gasteiger charge is 2.35. The van der Waals surface area contributed by atoms with Crippen molar-refractivity contribution in [2.45, 2.75) is 32.5 Å². The summed E-state index contributed by atoms with van der Waals surface area (Å²) in [6.45, 7) is 1.24. The van der Waals surface area contributed by atoms with Gasteiger partial charge in [0.15, 0.2) is 0 Å². The Kier molecular flexibility index (Phi) is 6.92. The Morgan fingerprint density at radius 3 is 2.45 bits per heavy atom. The minimum Gasteiger partial charge on any atom is -0.396 e. The van der Waals surface area contributed by atoms with E-state index in [4.69, 9.17) is 5.11 Å². The number of nitrogens with zero attached hydrogens (tertiary/aromatic N) is 1. The lowest BCUT2D eigenvalue weighted by atomic mass is 10.1. The van der Waals surface area contributed by atoms with Crippen molar-refractivity contribution in [1.82, 2.24) is 0 Å². The van der Waals surface area contributed by atoms with E-state index in [9.17, 15) is 26.0 Å². The first kappa shape index (κ1) is 23.5. The van der Waals surface area contributed by atoms with Crippen molar-refractivity contribution < 1.29 is 31.1 Å². The Bertz CT molecular complexity index is 1170. The van der Waals surface area contributed by atoms with E-state index in [1.807, 2.05) is 24.3 Å². The number of hydrogen-bond acceptors (Lipinski definition) is 4. The molecule has 0 bridgehead atoms. The fraction of sp³-hybridized carbons (Fsp3) is 0.333. The van der Waals surface area contributed by atoms with Gasteiger partial charge in [0.2, 0.25) is 10.0 Å². The topological polar surface area (TPSA) is 57.6 Å². The van der Waals surface area contributed by atoms with Crippen LogP contribution < -0.4 is 4.31 Å². The molecule has 0 fully saturated rings. The molecule has 0 aliphatic heterocycles. The zero-order valence-corrected chi connectivity index (χ0v) is 18.2. The van der Waals surface area contributed by atoms with E-state index in [0.717, 1.165) is 20.5 Å². The molecule has 1 N–H and O–H groups in total. The fourth-order valence-electron chi connectivity index (χ4n) is 3.26. The zero-order valence-electron chi connectivity index (χ0n) is 16.6. The standard InChI is InChI=1S/C21H21F4NO3S2/c1-14-16-6-2-3-7-19(16)30-20(14)26(31(28,29)11-5-4-10-27)13-15-8-9-18(22)17(12-15)21(23,24)25/h2-3,6-9,12,27H,4-5,10-11,13H2,1H3. The molecule has 0 aliphatic carbocycles. The van der Waals surface area contributed by atoms with Gasteiger partial charge in [-0.1, -0.05) is 24.3 Å². The first-order valence-electron chi connectivity index (χ1n) is 9.49. The van der Waals surface area contributed by atoms with Gasteiger partial charge >= 0.3 is 6.18 Å². The molecule has 0 spiro atoms. The van der Waals surface area contributed by atoms with Gasteiger partial charge in [-0.05, 0) is 54.5 Å². The average Bonchev–Trinajstić information content (AvgIpc) is 3.03. The molecule has 3 aromatic rings. The van der Waals surface area contributed by atoms with Crippen LogP contribution in [0, 0.1) is 12.7 Å². The van der Waals surface area contributed by atoms with Gasteiger partial charge in [0.05, 0.1) is 17.9 Å². The van der Waals surface area contributed by atoms with Crippen LogP contribution in [0.3, 0.4) is 0 Å². The molecular weight excluding hydrogens is 454 g/mol. The van der Waals surface area contributed by atoms with Crippen LogP contribution in [0.4, 0.5) is 22.6 Å². The maximum atomic E-state index is 13.7. The molecule has 0 unspecified atom stereocenters. The van der Waals surface area contributed by atoms with Gasteiger partial charge in [-0.2, -0.15) is 13.2 Å². The van der Waals surface area contributed by atoms with Crippen LogP contribution in [0.1, 0.15) is 29.5 Å². The molecular formula is C21H21F4NO3S2. The number of aryl methyl sites for hydroxylation is 1. The fourth-order valence-corrected chi connectivity index (χ4v) is 6.35. The van der Waals surface area contributed by atoms with Crippen molar-refractivity contribution in [1.29, 1.82) is 0 Å². The average molecular weight is 476 g/mol. The molecule has 0 radical (unpaired) electrons. The van der Waals surface area contributed by atoms with Crippen LogP contribution in [0.15, 0.2) is 42.5 Å². The van der Waals surface area contributed by atoms with E-state index in [1.54, 1.807) is 6.92 Å². The number of hydrogen-bond donors (Lipinski definition) is 1. The molecule has 0 aliphatic rings. The SMILES string of the molecule is Cc1c(N(Cc2ccc(F)c(C(F)(F)F)c2)S(=O)(=O)CCCCO)sc2ccccc12. The summed E-state index contributed by atoms with van der Waals surface area (Å²) in [6.07, 6.45) is -4.40. The number of sulfonamides is 1. The van der Waals surface area contributed by atoms with Crippen LogP contribution in [0.5, 0.6) is 0 Å². The number of thiophene rings is 1. The van der Waals surface area contributed by atoms with Crippen LogP contribution in [-0.2, 0) is 22.7 Å². The molecule has 168 valence electrons. The number of anilines is 1. The number of halogens is 4. The highest BCUT2D eigenvalue weighted by molar-refractivity contribution is 7.93. The van der Waals surface area contributed by atoms with Crippen molar-refractivity contribution in [2.75, 3.05) is 16.7 Å². The minimum atomic E-state index is -4.89. The summed E-state index contributed by atoms with van der Waals surface area (Å²) in [4.78, 5) is 0. The Morgan fingerprint density at radius 1 is 1.10 bits per heavy atom. The van der Waals surface area contributed by atoms with E-state index >= 15 is 0 Å². The third-order valence-electron chi connectivity index (χ3n) is 4.85. The van der Waals surface area contributed by atoms with Crippen molar-refractivity contribution in [3.63, 3.8) is 0 Å². The summed E-state index contributed by atoms with van der Waals surface area (Å²) in [5.41, 5.74) is -0.712. The molecule has 4 nitrogen and oxygen atoms in total. The van der Waals surface area contributed by atoms with Crippen molar-refractivity contribution in [3.8, 4) is 0 Å². The molecule has 1 aromatic heterocycles. The molecule has 0 saturated heterocycles. The summed E-state index contributed by atoms with van der Waals surface area (Å²) in [6, 6.07) is 9.83. The Balaban J connectivity index is 2.08. The molecule has 3 rings (SSSR count). The molecule has 2 aromatic carbocycles. The van der Waals surface area contributed by atoms with Gasteiger partial charge in [-0.15, -0.1) is 11.3 Å². The van der Waals surface area contributed by atoms with E-state index in [0.29, 0.717) is 22.7 Å². The van der Waals surface area contributed by atoms with Gasteiger partial charge in [-0.25, -0.2) is 12.8 Å². The molecule has 31 heavy (non-hydrogen) atoms. The number of rotatable bonds is 8. The molecule has 0 amide bonds. The monoisotopic (exact) mass is 475 g/mol. The lowest BCUT2D eigenvalue weighted by molar-refractivity contribution is -0.140. The van der Waals surface area contributed by atoms with Crippen molar-refractivity contribution in [3.05, 3.63) is 65.0 Å². The largest absolute Gasteiger partial charge is 0.419 e. The number of aliphatic hydroxyl groups is 1. The van der Waals surface area contributed by atoms with Gasteiger partial charge in [0, 0.05) is 11.3 Å². The Hall–Kier alpha value is -2.17.